The molecule has 6 nitrogen and oxygen atoms in total. The summed E-state index contributed by atoms with van der Waals surface area (Å²) in [6, 6.07) is 16.0. The Kier molecular flexibility index (Phi) is 4.31. The number of ether oxygens (including phenoxy) is 2. The number of benzene rings is 2. The van der Waals surface area contributed by atoms with Crippen LogP contribution in [0.3, 0.4) is 0 Å². The summed E-state index contributed by atoms with van der Waals surface area (Å²) in [7, 11) is 1.66. The average molecular weight is 348 g/mol. The predicted molar refractivity (Wildman–Crippen MR) is 100 cm³/mol. The summed E-state index contributed by atoms with van der Waals surface area (Å²) in [5.41, 5.74) is 3.18. The number of nitrogens with one attached hydrogen (secondary N) is 1. The van der Waals surface area contributed by atoms with Crippen LogP contribution in [0.1, 0.15) is 24.1 Å². The number of nitrogens with zero attached hydrogens (tertiary/aromatic N) is 3. The Bertz CT molecular complexity index is 914. The van der Waals surface area contributed by atoms with Gasteiger partial charge in [0.05, 0.1) is 13.7 Å². The molecule has 1 aromatic heterocycles. The third-order valence-electron chi connectivity index (χ3n) is 4.34. The Hall–Kier alpha value is -3.28. The van der Waals surface area contributed by atoms with Gasteiger partial charge in [-0.3, -0.25) is 0 Å². The molecule has 0 unspecified atom stereocenters. The lowest BCUT2D eigenvalue weighted by atomic mass is 10.0. The normalized spacial score (nSPS) is 15.6. The van der Waals surface area contributed by atoms with Gasteiger partial charge in [-0.15, -0.1) is 0 Å². The minimum atomic E-state index is -0.0403. The lowest BCUT2D eigenvalue weighted by Gasteiger charge is -2.24. The van der Waals surface area contributed by atoms with E-state index in [1.807, 2.05) is 48.0 Å². The quantitative estimate of drug-likeness (QED) is 0.761. The van der Waals surface area contributed by atoms with E-state index in [0.29, 0.717) is 6.61 Å². The smallest absolute Gasteiger partial charge is 0.226 e. The molecule has 4 rings (SSSR count). The molecule has 3 aromatic rings. The molecule has 6 heteroatoms. The van der Waals surface area contributed by atoms with E-state index in [0.717, 1.165) is 34.3 Å². The summed E-state index contributed by atoms with van der Waals surface area (Å²) in [6.45, 7) is 2.63. The maximum Gasteiger partial charge on any atom is 0.226 e. The molecule has 0 saturated carbocycles. The second kappa shape index (κ2) is 6.92. The number of rotatable bonds is 5. The molecule has 0 radical (unpaired) electrons. The molecule has 0 fully saturated rings. The number of allylic oxidation sites excluding steroid dienone is 1. The van der Waals surface area contributed by atoms with Gasteiger partial charge in [0.1, 0.15) is 23.9 Å². The zero-order chi connectivity index (χ0) is 17.9. The van der Waals surface area contributed by atoms with E-state index in [2.05, 4.69) is 33.6 Å². The van der Waals surface area contributed by atoms with Crippen molar-refractivity contribution in [1.29, 1.82) is 0 Å². The maximum absolute atomic E-state index is 5.54. The van der Waals surface area contributed by atoms with E-state index in [4.69, 9.17) is 9.47 Å². The van der Waals surface area contributed by atoms with Gasteiger partial charge in [-0.25, -0.2) is 4.68 Å². The van der Waals surface area contributed by atoms with E-state index in [1.54, 1.807) is 13.4 Å². The van der Waals surface area contributed by atoms with Crippen LogP contribution in [0.5, 0.6) is 11.5 Å². The summed E-state index contributed by atoms with van der Waals surface area (Å²) >= 11 is 0. The number of anilines is 1. The number of hydrogen-bond acceptors (Lipinski definition) is 5. The Balaban J connectivity index is 1.70. The first-order valence-corrected chi connectivity index (χ1v) is 8.54. The highest BCUT2D eigenvalue weighted by atomic mass is 16.5. The average Bonchev–Trinajstić information content (AvgIpc) is 3.17. The zero-order valence-electron chi connectivity index (χ0n) is 14.7. The van der Waals surface area contributed by atoms with Gasteiger partial charge in [-0.05, 0) is 60.5 Å². The third-order valence-corrected chi connectivity index (χ3v) is 4.34. The van der Waals surface area contributed by atoms with Crippen molar-refractivity contribution in [2.75, 3.05) is 19.0 Å². The lowest BCUT2D eigenvalue weighted by Crippen LogP contribution is -2.20. The number of aromatic nitrogens is 3. The highest BCUT2D eigenvalue weighted by molar-refractivity contribution is 5.77. The fourth-order valence-electron chi connectivity index (χ4n) is 3.04. The zero-order valence-corrected chi connectivity index (χ0v) is 14.7. The summed E-state index contributed by atoms with van der Waals surface area (Å²) in [6.07, 6.45) is 3.72. The molecule has 0 spiro atoms. The predicted octanol–water partition coefficient (Wildman–Crippen LogP) is 3.74. The first-order valence-electron chi connectivity index (χ1n) is 8.54. The summed E-state index contributed by atoms with van der Waals surface area (Å²) in [5, 5.41) is 7.72. The molecule has 0 saturated heterocycles. The van der Waals surface area contributed by atoms with Crippen LogP contribution in [-0.2, 0) is 0 Å². The first kappa shape index (κ1) is 16.2. The van der Waals surface area contributed by atoms with Crippen LogP contribution in [0.4, 0.5) is 5.95 Å². The second-order valence-corrected chi connectivity index (χ2v) is 5.91. The molecular weight excluding hydrogens is 328 g/mol. The SMILES string of the molecule is CCOc1ccc([C@H]2C=C(c3ccc(OC)cc3)Nc3ncnn32)cc1. The molecule has 0 bridgehead atoms. The molecule has 1 aliphatic rings. The van der Waals surface area contributed by atoms with Crippen molar-refractivity contribution in [3.8, 4) is 11.5 Å². The third kappa shape index (κ3) is 3.01. The van der Waals surface area contributed by atoms with Crippen molar-refractivity contribution in [1.82, 2.24) is 14.8 Å². The molecular formula is C20H20N4O2. The van der Waals surface area contributed by atoms with Crippen LogP contribution in [0.2, 0.25) is 0 Å². The minimum absolute atomic E-state index is 0.0403. The van der Waals surface area contributed by atoms with Gasteiger partial charge in [0.25, 0.3) is 0 Å². The van der Waals surface area contributed by atoms with Crippen LogP contribution >= 0.6 is 0 Å². The number of hydrogen-bond donors (Lipinski definition) is 1. The van der Waals surface area contributed by atoms with Gasteiger partial charge in [-0.2, -0.15) is 10.1 Å². The van der Waals surface area contributed by atoms with Gasteiger partial charge in [0.2, 0.25) is 5.95 Å². The van der Waals surface area contributed by atoms with Gasteiger partial charge < -0.3 is 14.8 Å². The van der Waals surface area contributed by atoms with Crippen LogP contribution < -0.4 is 14.8 Å². The topological polar surface area (TPSA) is 61.2 Å². The van der Waals surface area contributed by atoms with Crippen LogP contribution in [0.15, 0.2) is 60.9 Å². The van der Waals surface area contributed by atoms with Crippen molar-refractivity contribution < 1.29 is 9.47 Å². The Morgan fingerprint density at radius 3 is 2.46 bits per heavy atom. The van der Waals surface area contributed by atoms with E-state index in [1.165, 1.54) is 0 Å². The largest absolute Gasteiger partial charge is 0.497 e. The molecule has 26 heavy (non-hydrogen) atoms. The van der Waals surface area contributed by atoms with Crippen molar-refractivity contribution in [2.24, 2.45) is 0 Å². The molecule has 2 heterocycles. The monoisotopic (exact) mass is 348 g/mol. The van der Waals surface area contributed by atoms with Crippen LogP contribution in [0, 0.1) is 0 Å². The number of methoxy groups -OCH3 is 1. The molecule has 0 aliphatic carbocycles. The van der Waals surface area contributed by atoms with Crippen molar-refractivity contribution in [2.45, 2.75) is 13.0 Å². The van der Waals surface area contributed by atoms with Gasteiger partial charge >= 0.3 is 0 Å². The van der Waals surface area contributed by atoms with Crippen molar-refractivity contribution in [3.63, 3.8) is 0 Å². The maximum atomic E-state index is 5.54. The van der Waals surface area contributed by atoms with Crippen molar-refractivity contribution in [3.05, 3.63) is 72.1 Å². The van der Waals surface area contributed by atoms with Crippen LogP contribution in [-0.4, -0.2) is 28.5 Å². The highest BCUT2D eigenvalue weighted by Crippen LogP contribution is 2.33. The Labute approximate surface area is 152 Å². The number of fused-ring (bicyclic) bond motifs is 1. The summed E-state index contributed by atoms with van der Waals surface area (Å²) < 4.78 is 12.7. The van der Waals surface area contributed by atoms with Gasteiger partial charge in [0, 0.05) is 5.70 Å². The molecule has 1 atom stereocenters. The molecule has 0 amide bonds. The van der Waals surface area contributed by atoms with Crippen molar-refractivity contribution >= 4 is 11.6 Å². The van der Waals surface area contributed by atoms with E-state index < -0.39 is 0 Å². The first-order chi connectivity index (χ1) is 12.8. The Morgan fingerprint density at radius 2 is 1.77 bits per heavy atom. The van der Waals surface area contributed by atoms with E-state index in [9.17, 15) is 0 Å². The van der Waals surface area contributed by atoms with Gasteiger partial charge in [-0.1, -0.05) is 12.1 Å². The minimum Gasteiger partial charge on any atom is -0.497 e. The second-order valence-electron chi connectivity index (χ2n) is 5.91. The summed E-state index contributed by atoms with van der Waals surface area (Å²) in [4.78, 5) is 4.34. The van der Waals surface area contributed by atoms with Gasteiger partial charge in [0.15, 0.2) is 0 Å². The van der Waals surface area contributed by atoms with Crippen LogP contribution in [0.25, 0.3) is 5.70 Å². The summed E-state index contributed by atoms with van der Waals surface area (Å²) in [5.74, 6) is 2.41. The van der Waals surface area contributed by atoms with E-state index in [-0.39, 0.29) is 6.04 Å². The molecule has 132 valence electrons. The molecule has 1 N–H and O–H groups in total. The highest BCUT2D eigenvalue weighted by Gasteiger charge is 2.23. The lowest BCUT2D eigenvalue weighted by molar-refractivity contribution is 0.340. The fourth-order valence-corrected chi connectivity index (χ4v) is 3.04. The fraction of sp³-hybridized carbons (Fsp3) is 0.200. The standard InChI is InChI=1S/C20H20N4O2/c1-3-26-17-10-6-15(7-11-17)19-12-18(23-20-21-13-22-24(19)20)14-4-8-16(25-2)9-5-14/h4-13,19H,3H2,1-2H3,(H,21,22,23)/t19-/m1/s1. The molecule has 2 aromatic carbocycles. The van der Waals surface area contributed by atoms with E-state index >= 15 is 0 Å². The molecule has 1 aliphatic heterocycles. The Morgan fingerprint density at radius 1 is 1.04 bits per heavy atom.